The molecule has 0 spiro atoms. The summed E-state index contributed by atoms with van der Waals surface area (Å²) in [4.78, 5) is 42.6. The van der Waals surface area contributed by atoms with Crippen LogP contribution in [-0.2, 0) is 20.7 Å². The fraction of sp³-hybridized carbons (Fsp3) is 0.531. The number of ether oxygens (including phenoxy) is 1. The number of hydrogen-bond donors (Lipinski definition) is 3. The van der Waals surface area contributed by atoms with Gasteiger partial charge in [0.05, 0.1) is 6.61 Å². The Labute approximate surface area is 238 Å². The second-order valence-corrected chi connectivity index (χ2v) is 11.7. The van der Waals surface area contributed by atoms with Crippen LogP contribution in [0.5, 0.6) is 0 Å². The van der Waals surface area contributed by atoms with Crippen LogP contribution in [0, 0.1) is 13.8 Å². The lowest BCUT2D eigenvalue weighted by Gasteiger charge is -2.36. The molecule has 0 bridgehead atoms. The first-order valence-electron chi connectivity index (χ1n) is 14.3. The van der Waals surface area contributed by atoms with Crippen LogP contribution in [0.2, 0.25) is 0 Å². The molecule has 2 unspecified atom stereocenters. The van der Waals surface area contributed by atoms with Crippen molar-refractivity contribution in [3.8, 4) is 0 Å². The maximum absolute atomic E-state index is 14.3. The third kappa shape index (κ3) is 8.81. The van der Waals surface area contributed by atoms with Crippen molar-refractivity contribution in [3.05, 3.63) is 70.8 Å². The largest absolute Gasteiger partial charge is 0.444 e. The molecule has 1 fully saturated rings. The van der Waals surface area contributed by atoms with Gasteiger partial charge < -0.3 is 25.4 Å². The lowest BCUT2D eigenvalue weighted by molar-refractivity contribution is -0.143. The van der Waals surface area contributed by atoms with Gasteiger partial charge >= 0.3 is 6.09 Å². The second kappa shape index (κ2) is 14.3. The van der Waals surface area contributed by atoms with Gasteiger partial charge in [-0.2, -0.15) is 0 Å². The molecule has 2 atom stereocenters. The minimum absolute atomic E-state index is 0.0416. The third-order valence-corrected chi connectivity index (χ3v) is 7.35. The number of aliphatic hydroxyl groups excluding tert-OH is 1. The smallest absolute Gasteiger partial charge is 0.408 e. The summed E-state index contributed by atoms with van der Waals surface area (Å²) in [6.07, 6.45) is 4.53. The minimum Gasteiger partial charge on any atom is -0.444 e. The lowest BCUT2D eigenvalue weighted by atomic mass is 9.92. The first-order valence-corrected chi connectivity index (χ1v) is 14.3. The Bertz CT molecular complexity index is 1140. The topological polar surface area (TPSA) is 108 Å². The predicted octanol–water partition coefficient (Wildman–Crippen LogP) is 4.75. The summed E-state index contributed by atoms with van der Waals surface area (Å²) in [5.41, 5.74) is 2.69. The van der Waals surface area contributed by atoms with E-state index in [4.69, 9.17) is 4.74 Å². The van der Waals surface area contributed by atoms with Crippen LogP contribution in [0.3, 0.4) is 0 Å². The molecule has 0 radical (unpaired) electrons. The molecule has 0 aliphatic heterocycles. The number of carbonyl (C=O) groups excluding carboxylic acids is 3. The molecule has 8 nitrogen and oxygen atoms in total. The highest BCUT2D eigenvalue weighted by molar-refractivity contribution is 5.92. The molecule has 40 heavy (non-hydrogen) atoms. The third-order valence-electron chi connectivity index (χ3n) is 7.35. The fourth-order valence-electron chi connectivity index (χ4n) is 5.22. The van der Waals surface area contributed by atoms with Gasteiger partial charge in [-0.15, -0.1) is 0 Å². The highest BCUT2D eigenvalue weighted by Crippen LogP contribution is 2.29. The van der Waals surface area contributed by atoms with Gasteiger partial charge in [0.1, 0.15) is 17.7 Å². The van der Waals surface area contributed by atoms with E-state index in [-0.39, 0.29) is 31.5 Å². The molecule has 8 heteroatoms. The van der Waals surface area contributed by atoms with Crippen molar-refractivity contribution < 1.29 is 24.2 Å². The highest BCUT2D eigenvalue weighted by Gasteiger charge is 2.37. The average Bonchev–Trinajstić information content (AvgIpc) is 2.90. The van der Waals surface area contributed by atoms with E-state index < -0.39 is 29.7 Å². The van der Waals surface area contributed by atoms with Gasteiger partial charge in [0.2, 0.25) is 11.8 Å². The normalized spacial score (nSPS) is 15.6. The van der Waals surface area contributed by atoms with E-state index in [1.54, 1.807) is 20.8 Å². The number of carbonyl (C=O) groups is 3. The summed E-state index contributed by atoms with van der Waals surface area (Å²) < 4.78 is 5.47. The maximum atomic E-state index is 14.3. The van der Waals surface area contributed by atoms with Crippen LogP contribution in [0.1, 0.15) is 81.2 Å². The number of benzene rings is 2. The van der Waals surface area contributed by atoms with Crippen LogP contribution in [-0.4, -0.2) is 58.8 Å². The van der Waals surface area contributed by atoms with Crippen LogP contribution in [0.25, 0.3) is 0 Å². The lowest BCUT2D eigenvalue weighted by Crippen LogP contribution is -2.55. The Morgan fingerprint density at radius 1 is 1.00 bits per heavy atom. The standard InChI is InChI=1S/C32H45N3O5/c1-22-13-12-18-26(23(22)2)28(29(37)33-25-16-10-7-11-17-25)35(19-20-36)30(38)27(21-24-14-8-6-9-15-24)34-31(39)40-32(3,4)5/h6,8-9,12-15,18,25,27-28,36H,7,10-11,16-17,19-21H2,1-5H3,(H,33,37)(H,34,39). The zero-order valence-corrected chi connectivity index (χ0v) is 24.5. The van der Waals surface area contributed by atoms with E-state index in [1.807, 2.05) is 62.4 Å². The van der Waals surface area contributed by atoms with E-state index >= 15 is 0 Å². The number of nitrogens with one attached hydrogen (secondary N) is 2. The first kappa shape index (κ1) is 31.1. The molecular formula is C32H45N3O5. The van der Waals surface area contributed by atoms with E-state index in [9.17, 15) is 19.5 Å². The summed E-state index contributed by atoms with van der Waals surface area (Å²) in [7, 11) is 0. The first-order chi connectivity index (χ1) is 19.0. The highest BCUT2D eigenvalue weighted by atomic mass is 16.6. The summed E-state index contributed by atoms with van der Waals surface area (Å²) in [5, 5.41) is 16.0. The molecule has 218 valence electrons. The van der Waals surface area contributed by atoms with Gasteiger partial charge in [0.15, 0.2) is 0 Å². The molecular weight excluding hydrogens is 506 g/mol. The molecule has 2 aromatic rings. The van der Waals surface area contributed by atoms with Gasteiger partial charge in [-0.25, -0.2) is 4.79 Å². The van der Waals surface area contributed by atoms with Gasteiger partial charge in [-0.05, 0) is 69.7 Å². The Balaban J connectivity index is 2.02. The zero-order valence-electron chi connectivity index (χ0n) is 24.5. The number of hydrogen-bond acceptors (Lipinski definition) is 5. The number of amides is 3. The van der Waals surface area contributed by atoms with Crippen molar-refractivity contribution >= 4 is 17.9 Å². The summed E-state index contributed by atoms with van der Waals surface area (Å²) in [5.74, 6) is -0.744. The van der Waals surface area contributed by atoms with Gasteiger partial charge in [-0.1, -0.05) is 67.8 Å². The van der Waals surface area contributed by atoms with Crippen molar-refractivity contribution in [3.63, 3.8) is 0 Å². The predicted molar refractivity (Wildman–Crippen MR) is 156 cm³/mol. The molecule has 1 aliphatic rings. The van der Waals surface area contributed by atoms with Crippen LogP contribution >= 0.6 is 0 Å². The van der Waals surface area contributed by atoms with E-state index in [2.05, 4.69) is 10.6 Å². The zero-order chi connectivity index (χ0) is 29.3. The van der Waals surface area contributed by atoms with Crippen molar-refractivity contribution in [2.75, 3.05) is 13.2 Å². The van der Waals surface area contributed by atoms with Crippen LogP contribution in [0.15, 0.2) is 48.5 Å². The molecule has 3 N–H and O–H groups in total. The number of aryl methyl sites for hydroxylation is 1. The molecule has 3 rings (SSSR count). The fourth-order valence-corrected chi connectivity index (χ4v) is 5.22. The van der Waals surface area contributed by atoms with Crippen LogP contribution < -0.4 is 10.6 Å². The maximum Gasteiger partial charge on any atom is 0.408 e. The molecule has 0 aromatic heterocycles. The minimum atomic E-state index is -1.01. The number of aliphatic hydroxyl groups is 1. The number of rotatable bonds is 10. The Hall–Kier alpha value is -3.39. The second-order valence-electron chi connectivity index (χ2n) is 11.7. The summed E-state index contributed by atoms with van der Waals surface area (Å²) in [6.45, 7) is 8.76. The molecule has 0 saturated heterocycles. The Morgan fingerprint density at radius 3 is 2.30 bits per heavy atom. The van der Waals surface area contributed by atoms with E-state index in [1.165, 1.54) is 4.90 Å². The number of nitrogens with zero attached hydrogens (tertiary/aromatic N) is 1. The van der Waals surface area contributed by atoms with Crippen molar-refractivity contribution in [2.24, 2.45) is 0 Å². The summed E-state index contributed by atoms with van der Waals surface area (Å²) >= 11 is 0. The Morgan fingerprint density at radius 2 is 1.68 bits per heavy atom. The van der Waals surface area contributed by atoms with Crippen molar-refractivity contribution in [1.29, 1.82) is 0 Å². The average molecular weight is 552 g/mol. The molecule has 3 amide bonds. The monoisotopic (exact) mass is 551 g/mol. The molecule has 1 saturated carbocycles. The Kier molecular flexibility index (Phi) is 11.1. The molecule has 1 aliphatic carbocycles. The molecule has 2 aromatic carbocycles. The van der Waals surface area contributed by atoms with Gasteiger partial charge in [0, 0.05) is 19.0 Å². The van der Waals surface area contributed by atoms with Crippen molar-refractivity contribution in [1.82, 2.24) is 15.5 Å². The van der Waals surface area contributed by atoms with E-state index in [0.29, 0.717) is 5.56 Å². The van der Waals surface area contributed by atoms with Gasteiger partial charge in [0.25, 0.3) is 0 Å². The number of alkyl carbamates (subject to hydrolysis) is 1. The van der Waals surface area contributed by atoms with E-state index in [0.717, 1.165) is 48.8 Å². The quantitative estimate of drug-likeness (QED) is 0.395. The van der Waals surface area contributed by atoms with Crippen LogP contribution in [0.4, 0.5) is 4.79 Å². The molecule has 0 heterocycles. The van der Waals surface area contributed by atoms with Crippen molar-refractivity contribution in [2.45, 2.75) is 96.9 Å². The van der Waals surface area contributed by atoms with Gasteiger partial charge in [-0.3, -0.25) is 9.59 Å². The summed E-state index contributed by atoms with van der Waals surface area (Å²) in [6, 6.07) is 13.1. The SMILES string of the molecule is Cc1cccc(C(C(=O)NC2CCCCC2)N(CCO)C(=O)C(Cc2ccccc2)NC(=O)OC(C)(C)C)c1C.